The molecular formula is C33H31FN2O6. The Balaban J connectivity index is 1.38. The van der Waals surface area contributed by atoms with Crippen molar-refractivity contribution >= 4 is 23.1 Å². The molecule has 8 nitrogen and oxygen atoms in total. The number of Topliss-reactive ketones (excluding diaryl/α,β-unsaturated/α-hetero) is 1. The van der Waals surface area contributed by atoms with Crippen LogP contribution in [0.5, 0.6) is 17.2 Å². The molecule has 2 heterocycles. The van der Waals surface area contributed by atoms with Gasteiger partial charge in [-0.2, -0.15) is 0 Å². The van der Waals surface area contributed by atoms with Crippen LogP contribution >= 0.6 is 0 Å². The van der Waals surface area contributed by atoms with Crippen LogP contribution in [0.1, 0.15) is 18.1 Å². The van der Waals surface area contributed by atoms with E-state index in [1.807, 2.05) is 19.1 Å². The highest BCUT2D eigenvalue weighted by molar-refractivity contribution is 6.25. The summed E-state index contributed by atoms with van der Waals surface area (Å²) in [6, 6.07) is 10.0. The zero-order valence-electron chi connectivity index (χ0n) is 23.3. The van der Waals surface area contributed by atoms with Crippen LogP contribution in [0, 0.1) is 12.8 Å². The minimum atomic E-state index is -0.913. The maximum Gasteiger partial charge on any atom is 0.263 e. The largest absolute Gasteiger partial charge is 0.493 e. The van der Waals surface area contributed by atoms with Gasteiger partial charge in [0.1, 0.15) is 41.9 Å². The predicted molar refractivity (Wildman–Crippen MR) is 158 cm³/mol. The predicted octanol–water partition coefficient (Wildman–Crippen LogP) is 5.70. The quantitative estimate of drug-likeness (QED) is 0.239. The Labute approximate surface area is 243 Å². The number of ether oxygens (including phenoxy) is 4. The molecule has 0 bridgehead atoms. The number of nitrogens with one attached hydrogen (secondary N) is 2. The van der Waals surface area contributed by atoms with Gasteiger partial charge in [-0.3, -0.25) is 9.59 Å². The summed E-state index contributed by atoms with van der Waals surface area (Å²) >= 11 is 0. The van der Waals surface area contributed by atoms with Crippen molar-refractivity contribution in [3.05, 3.63) is 114 Å². The minimum Gasteiger partial charge on any atom is -0.493 e. The van der Waals surface area contributed by atoms with Crippen molar-refractivity contribution < 1.29 is 32.9 Å². The lowest BCUT2D eigenvalue weighted by Gasteiger charge is -2.27. The first-order valence-corrected chi connectivity index (χ1v) is 13.6. The van der Waals surface area contributed by atoms with Crippen LogP contribution in [0.25, 0.3) is 5.76 Å². The fraction of sp³-hybridized carbons (Fsp3) is 0.212. The summed E-state index contributed by atoms with van der Waals surface area (Å²) in [6.07, 6.45) is 10.5. The number of ketones is 1. The Kier molecular flexibility index (Phi) is 8.57. The van der Waals surface area contributed by atoms with E-state index in [-0.39, 0.29) is 17.9 Å². The molecule has 1 aliphatic carbocycles. The number of hydrogen-bond acceptors (Lipinski definition) is 7. The molecule has 2 aromatic rings. The van der Waals surface area contributed by atoms with E-state index >= 15 is 0 Å². The van der Waals surface area contributed by atoms with Gasteiger partial charge in [-0.15, -0.1) is 0 Å². The summed E-state index contributed by atoms with van der Waals surface area (Å²) in [5.41, 5.74) is 1.93. The fourth-order valence-electron chi connectivity index (χ4n) is 4.87. The molecule has 0 fully saturated rings. The van der Waals surface area contributed by atoms with E-state index in [4.69, 9.17) is 18.9 Å². The first-order valence-electron chi connectivity index (χ1n) is 13.6. The minimum absolute atomic E-state index is 0.0984. The van der Waals surface area contributed by atoms with E-state index in [0.29, 0.717) is 41.9 Å². The number of amides is 1. The summed E-state index contributed by atoms with van der Waals surface area (Å²) in [5.74, 6) is -0.310. The lowest BCUT2D eigenvalue weighted by atomic mass is 9.85. The molecule has 2 aliphatic heterocycles. The second kappa shape index (κ2) is 12.6. The van der Waals surface area contributed by atoms with Crippen molar-refractivity contribution in [2.75, 3.05) is 25.1 Å². The highest BCUT2D eigenvalue weighted by atomic mass is 19.1. The fourth-order valence-corrected chi connectivity index (χ4v) is 4.87. The van der Waals surface area contributed by atoms with Crippen molar-refractivity contribution in [3.63, 3.8) is 0 Å². The number of rotatable bonds is 8. The number of anilines is 1. The molecule has 0 saturated heterocycles. The van der Waals surface area contributed by atoms with Gasteiger partial charge in [0.05, 0.1) is 24.1 Å². The van der Waals surface area contributed by atoms with Gasteiger partial charge in [0.25, 0.3) is 5.91 Å². The van der Waals surface area contributed by atoms with Crippen LogP contribution < -0.4 is 24.8 Å². The van der Waals surface area contributed by atoms with Gasteiger partial charge in [0.2, 0.25) is 0 Å². The number of halogens is 1. The van der Waals surface area contributed by atoms with Crippen LogP contribution in [0.2, 0.25) is 0 Å². The number of aryl methyl sites for hydroxylation is 1. The van der Waals surface area contributed by atoms with Gasteiger partial charge in [0, 0.05) is 11.9 Å². The average molecular weight is 571 g/mol. The van der Waals surface area contributed by atoms with E-state index in [1.54, 1.807) is 55.6 Å². The molecule has 0 aromatic heterocycles. The zero-order chi connectivity index (χ0) is 29.6. The molecule has 0 saturated carbocycles. The monoisotopic (exact) mass is 570 g/mol. The summed E-state index contributed by atoms with van der Waals surface area (Å²) in [5, 5.41) is 5.82. The number of fused-ring (bicyclic) bond motifs is 2. The van der Waals surface area contributed by atoms with Crippen molar-refractivity contribution in [1.29, 1.82) is 0 Å². The number of carbonyl (C=O) groups is 2. The van der Waals surface area contributed by atoms with Crippen molar-refractivity contribution in [2.24, 2.45) is 5.92 Å². The molecule has 0 radical (unpaired) electrons. The Morgan fingerprint density at radius 2 is 1.95 bits per heavy atom. The standard InChI is InChI=1S/C33H31FN2O6/c1-4-6-27(29-20(3)7-14-28-32(29)41-18-17-40-28)42-23-11-9-22(10-12-23)36-33(38)30-26(39-5-2)15-16-35-25-13-8-21(34)19-24(25)31(30)37/h4,6-16,19,24-25,35H,1,5,17-18H2,2-3H3,(H,36,38)/b16-15-,27-6+,30-26-. The van der Waals surface area contributed by atoms with Gasteiger partial charge in [0.15, 0.2) is 17.3 Å². The summed E-state index contributed by atoms with van der Waals surface area (Å²) < 4.78 is 37.6. The highest BCUT2D eigenvalue weighted by Gasteiger charge is 2.35. The molecule has 2 unspecified atom stereocenters. The molecule has 42 heavy (non-hydrogen) atoms. The lowest BCUT2D eigenvalue weighted by Crippen LogP contribution is -2.40. The lowest BCUT2D eigenvalue weighted by molar-refractivity contribution is -0.122. The van der Waals surface area contributed by atoms with Crippen LogP contribution in [-0.4, -0.2) is 37.6 Å². The number of allylic oxidation sites excluding steroid dienone is 5. The molecule has 9 heteroatoms. The van der Waals surface area contributed by atoms with Crippen LogP contribution in [-0.2, 0) is 14.3 Å². The average Bonchev–Trinajstić information content (AvgIpc) is 2.98. The van der Waals surface area contributed by atoms with Crippen LogP contribution in [0.4, 0.5) is 10.1 Å². The molecule has 2 atom stereocenters. The highest BCUT2D eigenvalue weighted by Crippen LogP contribution is 2.40. The molecule has 2 aromatic carbocycles. The van der Waals surface area contributed by atoms with Crippen molar-refractivity contribution in [3.8, 4) is 17.2 Å². The van der Waals surface area contributed by atoms with Gasteiger partial charge in [-0.1, -0.05) is 24.8 Å². The van der Waals surface area contributed by atoms with E-state index in [9.17, 15) is 14.0 Å². The molecule has 1 amide bonds. The molecule has 3 aliphatic rings. The second-order valence-corrected chi connectivity index (χ2v) is 9.63. The van der Waals surface area contributed by atoms with Crippen LogP contribution in [0.15, 0.2) is 103 Å². The summed E-state index contributed by atoms with van der Waals surface area (Å²) in [6.45, 7) is 8.65. The maximum atomic E-state index is 14.1. The first kappa shape index (κ1) is 28.5. The Morgan fingerprint density at radius 3 is 2.71 bits per heavy atom. The maximum absolute atomic E-state index is 14.1. The SMILES string of the molecule is C=C/C=C(/Oc1ccc(NC(=O)/C2=C(OCC)/C=C\NC3C=CC(F)=CC3C2=O)cc1)c1c(C)ccc2c1OCCO2. The number of hydrogen-bond donors (Lipinski definition) is 2. The number of benzene rings is 2. The van der Waals surface area contributed by atoms with Gasteiger partial charge in [-0.05, 0) is 74.0 Å². The third kappa shape index (κ3) is 6.00. The molecular weight excluding hydrogens is 539 g/mol. The third-order valence-corrected chi connectivity index (χ3v) is 6.81. The molecule has 216 valence electrons. The van der Waals surface area contributed by atoms with Crippen molar-refractivity contribution in [2.45, 2.75) is 19.9 Å². The van der Waals surface area contributed by atoms with Crippen molar-refractivity contribution in [1.82, 2.24) is 5.32 Å². The van der Waals surface area contributed by atoms with E-state index in [1.165, 1.54) is 18.2 Å². The van der Waals surface area contributed by atoms with Gasteiger partial charge in [-0.25, -0.2) is 4.39 Å². The first-order chi connectivity index (χ1) is 20.4. The zero-order valence-corrected chi connectivity index (χ0v) is 23.3. The summed E-state index contributed by atoms with van der Waals surface area (Å²) in [4.78, 5) is 27.0. The molecule has 0 spiro atoms. The summed E-state index contributed by atoms with van der Waals surface area (Å²) in [7, 11) is 0. The van der Waals surface area contributed by atoms with Gasteiger partial charge >= 0.3 is 0 Å². The normalized spacial score (nSPS) is 22.0. The Hall–Kier alpha value is -5.05. The second-order valence-electron chi connectivity index (χ2n) is 9.63. The Bertz CT molecular complexity index is 1550. The third-order valence-electron chi connectivity index (χ3n) is 6.81. The van der Waals surface area contributed by atoms with Gasteiger partial charge < -0.3 is 29.6 Å². The van der Waals surface area contributed by atoms with E-state index in [2.05, 4.69) is 17.2 Å². The smallest absolute Gasteiger partial charge is 0.263 e. The number of carbonyl (C=O) groups excluding carboxylic acids is 2. The van der Waals surface area contributed by atoms with E-state index < -0.39 is 29.5 Å². The molecule has 2 N–H and O–H groups in total. The van der Waals surface area contributed by atoms with Crippen LogP contribution in [0.3, 0.4) is 0 Å². The Morgan fingerprint density at radius 1 is 1.17 bits per heavy atom. The molecule has 5 rings (SSSR count). The van der Waals surface area contributed by atoms with E-state index in [0.717, 1.165) is 11.1 Å². The topological polar surface area (TPSA) is 95.1 Å².